The zero-order chi connectivity index (χ0) is 27.2. The van der Waals surface area contributed by atoms with E-state index in [1.807, 2.05) is 6.92 Å². The fourth-order valence-electron chi connectivity index (χ4n) is 3.85. The number of amides is 3. The first-order valence-electron chi connectivity index (χ1n) is 12.3. The van der Waals surface area contributed by atoms with Crippen LogP contribution in [0.5, 0.6) is 5.75 Å². The van der Waals surface area contributed by atoms with Crippen LogP contribution in [0.1, 0.15) is 71.6 Å². The van der Waals surface area contributed by atoms with Gasteiger partial charge in [0.2, 0.25) is 11.8 Å². The number of hydrogen-bond acceptors (Lipinski definition) is 7. The van der Waals surface area contributed by atoms with E-state index in [2.05, 4.69) is 10.6 Å². The number of rotatable bonds is 10. The Balaban J connectivity index is 2.34. The highest BCUT2D eigenvalue weighted by Gasteiger charge is 2.47. The molecule has 1 aliphatic rings. The number of nitrogens with one attached hydrogen (secondary N) is 2. The zero-order valence-corrected chi connectivity index (χ0v) is 22.2. The van der Waals surface area contributed by atoms with Crippen LogP contribution >= 0.6 is 0 Å². The monoisotopic (exact) mass is 505 g/mol. The lowest BCUT2D eigenvalue weighted by atomic mass is 10.00. The van der Waals surface area contributed by atoms with E-state index in [0.717, 1.165) is 0 Å². The number of benzene rings is 1. The van der Waals surface area contributed by atoms with E-state index >= 15 is 0 Å². The number of carbonyl (C=O) groups excluding carboxylic acids is 4. The van der Waals surface area contributed by atoms with Crippen LogP contribution in [0.3, 0.4) is 0 Å². The van der Waals surface area contributed by atoms with Gasteiger partial charge in [-0.25, -0.2) is 4.79 Å². The molecule has 0 aliphatic heterocycles. The van der Waals surface area contributed by atoms with Crippen molar-refractivity contribution in [2.24, 2.45) is 5.92 Å². The number of hydrogen-bond donors (Lipinski definition) is 3. The van der Waals surface area contributed by atoms with Crippen LogP contribution in [-0.2, 0) is 23.9 Å². The molecular weight excluding hydrogens is 466 g/mol. The van der Waals surface area contributed by atoms with E-state index in [1.165, 1.54) is 11.0 Å². The Kier molecular flexibility index (Phi) is 9.72. The largest absolute Gasteiger partial charge is 0.508 e. The van der Waals surface area contributed by atoms with Crippen LogP contribution < -0.4 is 10.6 Å². The molecule has 1 aliphatic carbocycles. The van der Waals surface area contributed by atoms with Crippen LogP contribution in [0.4, 0.5) is 4.79 Å². The average molecular weight is 506 g/mol. The Labute approximate surface area is 212 Å². The summed E-state index contributed by atoms with van der Waals surface area (Å²) in [5.41, 5.74) is 0.325. The van der Waals surface area contributed by atoms with Crippen LogP contribution in [0.25, 0.3) is 0 Å². The lowest BCUT2D eigenvalue weighted by molar-refractivity contribution is -0.144. The van der Waals surface area contributed by atoms with Gasteiger partial charge < -0.3 is 30.1 Å². The lowest BCUT2D eigenvalue weighted by Crippen LogP contribution is -2.53. The molecule has 10 heteroatoms. The molecular formula is C26H39N3O7. The normalized spacial score (nSPS) is 18.4. The minimum absolute atomic E-state index is 0.00865. The molecule has 36 heavy (non-hydrogen) atoms. The minimum Gasteiger partial charge on any atom is -0.508 e. The smallest absolute Gasteiger partial charge is 0.408 e. The number of esters is 1. The number of phenols is 1. The number of phenolic OH excluding ortho intramolecular Hbond substituents is 1. The molecule has 3 amide bonds. The first-order chi connectivity index (χ1) is 16.7. The van der Waals surface area contributed by atoms with E-state index in [-0.39, 0.29) is 37.3 Å². The summed E-state index contributed by atoms with van der Waals surface area (Å²) in [5.74, 6) is -1.12. The Bertz CT molecular complexity index is 973. The first kappa shape index (κ1) is 28.9. The van der Waals surface area contributed by atoms with Crippen molar-refractivity contribution in [3.63, 3.8) is 0 Å². The number of aromatic hydroxyl groups is 1. The summed E-state index contributed by atoms with van der Waals surface area (Å²) in [6.07, 6.45) is -0.0390. The fraction of sp³-hybridized carbons (Fsp3) is 0.615. The number of aryl methyl sites for hydroxylation is 1. The summed E-state index contributed by atoms with van der Waals surface area (Å²) >= 11 is 0. The van der Waals surface area contributed by atoms with Crippen LogP contribution in [-0.4, -0.2) is 64.7 Å². The Morgan fingerprint density at radius 2 is 1.86 bits per heavy atom. The van der Waals surface area contributed by atoms with E-state index in [0.29, 0.717) is 17.5 Å². The highest BCUT2D eigenvalue weighted by Crippen LogP contribution is 2.41. The maximum atomic E-state index is 13.7. The predicted molar refractivity (Wildman–Crippen MR) is 133 cm³/mol. The molecule has 0 heterocycles. The van der Waals surface area contributed by atoms with Crippen molar-refractivity contribution in [2.75, 3.05) is 13.2 Å². The molecule has 10 nitrogen and oxygen atoms in total. The SMILES string of the molecule is CCOC(=O)CCNC(=O)C(c1ccc(O)c(C)c1)N(C(=O)C(C)NC(=O)OC(C)(C)C)C1CC1C. The molecule has 1 aromatic rings. The molecule has 0 radical (unpaired) electrons. The second-order valence-corrected chi connectivity index (χ2v) is 10.2. The molecule has 200 valence electrons. The summed E-state index contributed by atoms with van der Waals surface area (Å²) in [4.78, 5) is 52.7. The van der Waals surface area contributed by atoms with Crippen molar-refractivity contribution < 1.29 is 33.8 Å². The van der Waals surface area contributed by atoms with Gasteiger partial charge in [-0.3, -0.25) is 14.4 Å². The number of alkyl carbamates (subject to hydrolysis) is 1. The molecule has 0 aromatic heterocycles. The van der Waals surface area contributed by atoms with Gasteiger partial charge in [0.15, 0.2) is 0 Å². The third-order valence-electron chi connectivity index (χ3n) is 5.78. The highest BCUT2D eigenvalue weighted by molar-refractivity contribution is 5.92. The van der Waals surface area contributed by atoms with Gasteiger partial charge in [-0.15, -0.1) is 0 Å². The molecule has 0 saturated heterocycles. The number of nitrogens with zero attached hydrogens (tertiary/aromatic N) is 1. The van der Waals surface area contributed by atoms with Crippen molar-refractivity contribution in [3.05, 3.63) is 29.3 Å². The topological polar surface area (TPSA) is 134 Å². The van der Waals surface area contributed by atoms with E-state index < -0.39 is 41.6 Å². The second-order valence-electron chi connectivity index (χ2n) is 10.2. The van der Waals surface area contributed by atoms with Gasteiger partial charge >= 0.3 is 12.1 Å². The van der Waals surface area contributed by atoms with Crippen molar-refractivity contribution >= 4 is 23.9 Å². The highest BCUT2D eigenvalue weighted by atomic mass is 16.6. The third-order valence-corrected chi connectivity index (χ3v) is 5.78. The molecule has 1 aromatic carbocycles. The third kappa shape index (κ3) is 8.13. The quantitative estimate of drug-likeness (QED) is 0.416. The van der Waals surface area contributed by atoms with E-state index in [4.69, 9.17) is 9.47 Å². The van der Waals surface area contributed by atoms with Gasteiger partial charge in [0.05, 0.1) is 13.0 Å². The van der Waals surface area contributed by atoms with Crippen molar-refractivity contribution in [2.45, 2.75) is 85.0 Å². The molecule has 0 bridgehead atoms. The summed E-state index contributed by atoms with van der Waals surface area (Å²) in [7, 11) is 0. The van der Waals surface area contributed by atoms with Crippen molar-refractivity contribution in [1.82, 2.24) is 15.5 Å². The van der Waals surface area contributed by atoms with Crippen LogP contribution in [0.15, 0.2) is 18.2 Å². The predicted octanol–water partition coefficient (Wildman–Crippen LogP) is 2.96. The maximum absolute atomic E-state index is 13.7. The molecule has 4 unspecified atom stereocenters. The van der Waals surface area contributed by atoms with Crippen LogP contribution in [0.2, 0.25) is 0 Å². The van der Waals surface area contributed by atoms with Gasteiger partial charge in [0.25, 0.3) is 0 Å². The summed E-state index contributed by atoms with van der Waals surface area (Å²) < 4.78 is 10.2. The van der Waals surface area contributed by atoms with Gasteiger partial charge in [-0.1, -0.05) is 13.0 Å². The molecule has 1 fully saturated rings. The van der Waals surface area contributed by atoms with Gasteiger partial charge in [0.1, 0.15) is 23.4 Å². The fourth-order valence-corrected chi connectivity index (χ4v) is 3.85. The van der Waals surface area contributed by atoms with E-state index in [9.17, 15) is 24.3 Å². The number of carbonyl (C=O) groups is 4. The first-order valence-corrected chi connectivity index (χ1v) is 12.3. The van der Waals surface area contributed by atoms with Gasteiger partial charge in [-0.2, -0.15) is 0 Å². The summed E-state index contributed by atoms with van der Waals surface area (Å²) in [5, 5.41) is 15.3. The maximum Gasteiger partial charge on any atom is 0.408 e. The summed E-state index contributed by atoms with van der Waals surface area (Å²) in [6, 6.07) is 2.53. The molecule has 4 atom stereocenters. The van der Waals surface area contributed by atoms with Gasteiger partial charge in [0, 0.05) is 12.6 Å². The second kappa shape index (κ2) is 12.1. The molecule has 3 N–H and O–H groups in total. The van der Waals surface area contributed by atoms with Crippen molar-refractivity contribution in [3.8, 4) is 5.75 Å². The standard InChI is InChI=1S/C26H39N3O7/c1-8-35-21(31)11-12-27-23(32)22(18-9-10-20(30)16(3)13-18)29(19-14-15(19)2)24(33)17(4)28-25(34)36-26(5,6)7/h9-10,13,15,17,19,22,30H,8,11-12,14H2,1-7H3,(H,27,32)(H,28,34). The Hall–Kier alpha value is -3.30. The Morgan fingerprint density at radius 1 is 1.22 bits per heavy atom. The number of ether oxygens (including phenoxy) is 2. The molecule has 0 spiro atoms. The summed E-state index contributed by atoms with van der Waals surface area (Å²) in [6.45, 7) is 12.4. The zero-order valence-electron chi connectivity index (χ0n) is 22.2. The lowest BCUT2D eigenvalue weighted by Gasteiger charge is -2.34. The molecule has 1 saturated carbocycles. The van der Waals surface area contributed by atoms with Gasteiger partial charge in [-0.05, 0) is 77.1 Å². The molecule has 2 rings (SSSR count). The van der Waals surface area contributed by atoms with Crippen molar-refractivity contribution in [1.29, 1.82) is 0 Å². The van der Waals surface area contributed by atoms with E-state index in [1.54, 1.807) is 53.7 Å². The minimum atomic E-state index is -1.03. The Morgan fingerprint density at radius 3 is 2.39 bits per heavy atom. The average Bonchev–Trinajstić information content (AvgIpc) is 3.48. The van der Waals surface area contributed by atoms with Crippen LogP contribution in [0, 0.1) is 12.8 Å².